The molecule has 3 unspecified atom stereocenters. The van der Waals surface area contributed by atoms with Crippen LogP contribution in [0, 0.1) is 11.8 Å². The van der Waals surface area contributed by atoms with Crippen LogP contribution in [0.1, 0.15) is 79.4 Å². The summed E-state index contributed by atoms with van der Waals surface area (Å²) in [5.74, 6) is 3.11. The van der Waals surface area contributed by atoms with Crippen molar-refractivity contribution in [2.45, 2.75) is 103 Å². The van der Waals surface area contributed by atoms with Crippen LogP contribution in [-0.4, -0.2) is 37.1 Å². The van der Waals surface area contributed by atoms with Crippen molar-refractivity contribution in [3.05, 3.63) is 41.0 Å². The van der Waals surface area contributed by atoms with E-state index in [1.54, 1.807) is 0 Å². The second-order valence-electron chi connectivity index (χ2n) is 14.1. The van der Waals surface area contributed by atoms with Gasteiger partial charge in [0, 0.05) is 16.5 Å². The average molecular weight is 480 g/mol. The molecule has 1 fully saturated rings. The molecule has 4 heteroatoms. The van der Waals surface area contributed by atoms with E-state index in [0.717, 1.165) is 17.0 Å². The maximum absolute atomic E-state index is 5.96. The van der Waals surface area contributed by atoms with Gasteiger partial charge in [-0.15, -0.1) is 0 Å². The molecule has 3 atom stereocenters. The Morgan fingerprint density at radius 2 is 1.47 bits per heavy atom. The molecule has 5 rings (SSSR count). The summed E-state index contributed by atoms with van der Waals surface area (Å²) in [7, 11) is -1.75. The van der Waals surface area contributed by atoms with Gasteiger partial charge in [-0.1, -0.05) is 45.5 Å². The first kappa shape index (κ1) is 24.2. The van der Waals surface area contributed by atoms with E-state index >= 15 is 0 Å². The maximum atomic E-state index is 5.96. The lowest BCUT2D eigenvalue weighted by Crippen LogP contribution is -2.67. The molecule has 0 aromatic heterocycles. The number of hydrogen-bond acceptors (Lipinski definition) is 3. The van der Waals surface area contributed by atoms with Crippen molar-refractivity contribution in [2.24, 2.45) is 11.8 Å². The molecular formula is C30H45NO2Si. The Hall–Kier alpha value is -1.52. The first-order chi connectivity index (χ1) is 15.6. The molecule has 0 saturated heterocycles. The molecule has 0 bridgehead atoms. The van der Waals surface area contributed by atoms with Gasteiger partial charge in [-0.25, -0.2) is 0 Å². The van der Waals surface area contributed by atoms with E-state index in [0.29, 0.717) is 25.0 Å². The van der Waals surface area contributed by atoms with Crippen molar-refractivity contribution in [2.75, 3.05) is 13.2 Å². The zero-order valence-corrected chi connectivity index (χ0v) is 24.1. The van der Waals surface area contributed by atoms with Gasteiger partial charge in [0.25, 0.3) is 0 Å². The van der Waals surface area contributed by atoms with Crippen LogP contribution in [0.3, 0.4) is 0 Å². The van der Waals surface area contributed by atoms with Crippen molar-refractivity contribution >= 4 is 13.8 Å². The molecule has 0 radical (unpaired) electrons. The highest BCUT2D eigenvalue weighted by Crippen LogP contribution is 2.60. The Labute approximate surface area is 208 Å². The van der Waals surface area contributed by atoms with Gasteiger partial charge in [0.05, 0.1) is 0 Å². The molecule has 1 saturated carbocycles. The molecule has 0 spiro atoms. The lowest BCUT2D eigenvalue weighted by Gasteiger charge is -2.57. The zero-order valence-electron chi connectivity index (χ0n) is 23.1. The van der Waals surface area contributed by atoms with Gasteiger partial charge in [-0.3, -0.25) is 0 Å². The number of hydrogen-bond donors (Lipinski definition) is 0. The molecule has 186 valence electrons. The Morgan fingerprint density at radius 1 is 0.882 bits per heavy atom. The van der Waals surface area contributed by atoms with Crippen LogP contribution in [0.4, 0.5) is 0 Å². The van der Waals surface area contributed by atoms with Gasteiger partial charge in [0.1, 0.15) is 21.4 Å². The normalized spacial score (nSPS) is 27.7. The number of allylic oxidation sites excluding steroid dienone is 4. The van der Waals surface area contributed by atoms with Crippen LogP contribution in [0.2, 0.25) is 18.6 Å². The first-order valence-electron chi connectivity index (χ1n) is 13.3. The van der Waals surface area contributed by atoms with E-state index in [2.05, 4.69) is 97.3 Å². The summed E-state index contributed by atoms with van der Waals surface area (Å²) in [6.07, 6.45) is 8.02. The second kappa shape index (κ2) is 7.49. The fourth-order valence-electron chi connectivity index (χ4n) is 8.55. The third-order valence-electron chi connectivity index (χ3n) is 8.94. The van der Waals surface area contributed by atoms with Crippen molar-refractivity contribution in [3.8, 4) is 11.5 Å². The van der Waals surface area contributed by atoms with E-state index in [1.807, 2.05) is 0 Å². The number of nitrogens with zero attached hydrogens (tertiary/aromatic N) is 1. The highest BCUT2D eigenvalue weighted by molar-refractivity contribution is 6.76. The van der Waals surface area contributed by atoms with Crippen LogP contribution in [0.5, 0.6) is 11.5 Å². The largest absolute Gasteiger partial charge is 0.486 e. The van der Waals surface area contributed by atoms with E-state index in [9.17, 15) is 0 Å². The zero-order chi connectivity index (χ0) is 24.8. The SMILES string of the molecule is CC1(C)C2=CC3C(C=C2c2cc4c(cc21)OCCO4)CCC3[Si](C)(C)N(C(C)(C)C)C(C)(C)C. The van der Waals surface area contributed by atoms with E-state index in [-0.39, 0.29) is 16.5 Å². The summed E-state index contributed by atoms with van der Waals surface area (Å²) in [6, 6.07) is 4.52. The summed E-state index contributed by atoms with van der Waals surface area (Å²) >= 11 is 0. The van der Waals surface area contributed by atoms with Crippen molar-refractivity contribution < 1.29 is 9.47 Å². The number of benzene rings is 1. The molecule has 1 aromatic carbocycles. The highest BCUT2D eigenvalue weighted by atomic mass is 28.3. The molecule has 1 heterocycles. The Kier molecular flexibility index (Phi) is 5.33. The van der Waals surface area contributed by atoms with Gasteiger partial charge < -0.3 is 14.0 Å². The second-order valence-corrected chi connectivity index (χ2v) is 18.6. The van der Waals surface area contributed by atoms with E-state index < -0.39 is 8.24 Å². The monoisotopic (exact) mass is 479 g/mol. The predicted octanol–water partition coefficient (Wildman–Crippen LogP) is 7.57. The quantitative estimate of drug-likeness (QED) is 0.408. The summed E-state index contributed by atoms with van der Waals surface area (Å²) < 4.78 is 14.8. The maximum Gasteiger partial charge on any atom is 0.161 e. The third kappa shape index (κ3) is 3.54. The van der Waals surface area contributed by atoms with Crippen LogP contribution >= 0.6 is 0 Å². The standard InChI is InChI=1S/C30H45NO2Si/c1-28(2,3)31(29(4,5)6)34(9,10)27-12-11-19-15-21-22-17-25-26(33-14-13-32-25)18-24(22)30(7,8)23(21)16-20(19)27/h15-20,27H,11-14H2,1-10H3. The summed E-state index contributed by atoms with van der Waals surface area (Å²) in [6.45, 7) is 25.9. The van der Waals surface area contributed by atoms with Gasteiger partial charge in [-0.05, 0) is 99.7 Å². The number of ether oxygens (including phenoxy) is 2. The summed E-state index contributed by atoms with van der Waals surface area (Å²) in [4.78, 5) is 0. The van der Waals surface area contributed by atoms with E-state index in [1.165, 1.54) is 35.1 Å². The van der Waals surface area contributed by atoms with Gasteiger partial charge in [0.2, 0.25) is 0 Å². The molecular weight excluding hydrogens is 434 g/mol. The third-order valence-corrected chi connectivity index (χ3v) is 13.9. The molecule has 4 aliphatic rings. The minimum absolute atomic E-state index is 0.00540. The van der Waals surface area contributed by atoms with Crippen LogP contribution in [-0.2, 0) is 5.41 Å². The fourth-order valence-corrected chi connectivity index (χ4v) is 14.5. The van der Waals surface area contributed by atoms with Crippen molar-refractivity contribution in [1.82, 2.24) is 4.57 Å². The van der Waals surface area contributed by atoms with Gasteiger partial charge >= 0.3 is 0 Å². The summed E-state index contributed by atoms with van der Waals surface area (Å²) in [5.41, 5.74) is 6.84. The minimum Gasteiger partial charge on any atom is -0.486 e. The van der Waals surface area contributed by atoms with Gasteiger partial charge in [0.15, 0.2) is 11.5 Å². The van der Waals surface area contributed by atoms with Gasteiger partial charge in [-0.2, -0.15) is 0 Å². The molecule has 0 amide bonds. The van der Waals surface area contributed by atoms with E-state index in [4.69, 9.17) is 9.47 Å². The fraction of sp³-hybridized carbons (Fsp3) is 0.667. The lowest BCUT2D eigenvalue weighted by molar-refractivity contribution is 0.122. The molecule has 34 heavy (non-hydrogen) atoms. The molecule has 3 nitrogen and oxygen atoms in total. The van der Waals surface area contributed by atoms with Crippen molar-refractivity contribution in [1.29, 1.82) is 0 Å². The first-order valence-corrected chi connectivity index (χ1v) is 16.4. The van der Waals surface area contributed by atoms with Crippen molar-refractivity contribution in [3.63, 3.8) is 0 Å². The average Bonchev–Trinajstić information content (AvgIpc) is 3.21. The smallest absolute Gasteiger partial charge is 0.161 e. The molecule has 1 aromatic rings. The van der Waals surface area contributed by atoms with Crippen LogP contribution in [0.15, 0.2) is 29.9 Å². The van der Waals surface area contributed by atoms with Crippen LogP contribution in [0.25, 0.3) is 5.57 Å². The topological polar surface area (TPSA) is 21.7 Å². The number of rotatable bonds is 2. The highest BCUT2D eigenvalue weighted by Gasteiger charge is 2.54. The summed E-state index contributed by atoms with van der Waals surface area (Å²) in [5, 5.41) is 0. The number of fused-ring (bicyclic) bond motifs is 5. The predicted molar refractivity (Wildman–Crippen MR) is 145 cm³/mol. The molecule has 3 aliphatic carbocycles. The Balaban J connectivity index is 1.56. The Morgan fingerprint density at radius 3 is 2.06 bits per heavy atom. The van der Waals surface area contributed by atoms with Crippen LogP contribution < -0.4 is 9.47 Å². The minimum atomic E-state index is -1.75. The molecule has 0 N–H and O–H groups in total. The Bertz CT molecular complexity index is 1050. The lowest BCUT2D eigenvalue weighted by atomic mass is 9.76. The molecule has 1 aliphatic heterocycles.